The highest BCUT2D eigenvalue weighted by Crippen LogP contribution is 2.45. The van der Waals surface area contributed by atoms with Crippen LogP contribution in [0.5, 0.6) is 0 Å². The molecule has 0 aromatic carbocycles. The summed E-state index contributed by atoms with van der Waals surface area (Å²) in [6.45, 7) is 4.03. The van der Waals surface area contributed by atoms with Crippen molar-refractivity contribution in [1.29, 1.82) is 0 Å². The van der Waals surface area contributed by atoms with Crippen molar-refractivity contribution in [3.05, 3.63) is 0 Å². The minimum Gasteiger partial charge on any atom is -0.351 e. The number of urea groups is 1. The number of likely N-dealkylation sites (tertiary alicyclic amines) is 1. The van der Waals surface area contributed by atoms with Crippen molar-refractivity contribution in [3.63, 3.8) is 0 Å². The molecule has 1 heterocycles. The van der Waals surface area contributed by atoms with Crippen LogP contribution >= 0.6 is 0 Å². The van der Waals surface area contributed by atoms with Gasteiger partial charge in [-0.25, -0.2) is 4.79 Å². The number of carbonyl (C=O) groups excluding carboxylic acids is 1. The molecule has 1 saturated carbocycles. The highest BCUT2D eigenvalue weighted by atomic mass is 16.2. The molecule has 12 heavy (non-hydrogen) atoms. The standard InChI is InChI=1S/C9H16N2O/c1-9-3-2-7(4-9)5-11(6-9)8(10)12/h7H,2-6H2,1H3,(H2,10,12). The second-order valence-corrected chi connectivity index (χ2v) is 4.64. The number of nitrogens with zero attached hydrogens (tertiary/aromatic N) is 1. The van der Waals surface area contributed by atoms with Crippen LogP contribution in [0.25, 0.3) is 0 Å². The van der Waals surface area contributed by atoms with E-state index in [0.29, 0.717) is 5.41 Å². The molecule has 1 aliphatic heterocycles. The number of amides is 2. The SMILES string of the molecule is CC12CCC(CN(C(N)=O)C1)C2. The average molecular weight is 168 g/mol. The van der Waals surface area contributed by atoms with Crippen molar-refractivity contribution >= 4 is 6.03 Å². The van der Waals surface area contributed by atoms with Crippen molar-refractivity contribution in [3.8, 4) is 0 Å². The molecule has 0 aromatic heterocycles. The van der Waals surface area contributed by atoms with Gasteiger partial charge >= 0.3 is 6.03 Å². The lowest BCUT2D eigenvalue weighted by Gasteiger charge is -2.36. The molecule has 2 rings (SSSR count). The van der Waals surface area contributed by atoms with Crippen LogP contribution < -0.4 is 5.73 Å². The molecule has 1 saturated heterocycles. The maximum atomic E-state index is 11.0. The van der Waals surface area contributed by atoms with Crippen LogP contribution in [0.15, 0.2) is 0 Å². The van der Waals surface area contributed by atoms with Gasteiger partial charge < -0.3 is 10.6 Å². The fourth-order valence-corrected chi connectivity index (χ4v) is 2.76. The van der Waals surface area contributed by atoms with Crippen LogP contribution in [-0.2, 0) is 0 Å². The predicted octanol–water partition coefficient (Wildman–Crippen LogP) is 1.19. The molecule has 2 atom stereocenters. The minimum atomic E-state index is -0.243. The van der Waals surface area contributed by atoms with Gasteiger partial charge in [0.1, 0.15) is 0 Å². The van der Waals surface area contributed by atoms with Crippen molar-refractivity contribution in [2.75, 3.05) is 13.1 Å². The Balaban J connectivity index is 2.11. The van der Waals surface area contributed by atoms with Gasteiger partial charge in [0, 0.05) is 13.1 Å². The largest absolute Gasteiger partial charge is 0.351 e. The van der Waals surface area contributed by atoms with Gasteiger partial charge in [-0.3, -0.25) is 0 Å². The number of primary amides is 1. The van der Waals surface area contributed by atoms with E-state index in [1.807, 2.05) is 0 Å². The van der Waals surface area contributed by atoms with E-state index < -0.39 is 0 Å². The fourth-order valence-electron chi connectivity index (χ4n) is 2.76. The summed E-state index contributed by atoms with van der Waals surface area (Å²) in [6, 6.07) is -0.243. The van der Waals surface area contributed by atoms with Gasteiger partial charge in [-0.05, 0) is 30.6 Å². The van der Waals surface area contributed by atoms with E-state index in [1.165, 1.54) is 19.3 Å². The molecule has 68 valence electrons. The van der Waals surface area contributed by atoms with Crippen LogP contribution in [0.4, 0.5) is 4.79 Å². The maximum absolute atomic E-state index is 11.0. The molecule has 2 aliphatic rings. The summed E-state index contributed by atoms with van der Waals surface area (Å²) in [7, 11) is 0. The number of carbonyl (C=O) groups is 1. The maximum Gasteiger partial charge on any atom is 0.314 e. The average Bonchev–Trinajstić information content (AvgIpc) is 2.25. The van der Waals surface area contributed by atoms with Crippen LogP contribution in [0.3, 0.4) is 0 Å². The highest BCUT2D eigenvalue weighted by molar-refractivity contribution is 5.72. The summed E-state index contributed by atoms with van der Waals surface area (Å²) in [6.07, 6.45) is 3.83. The second-order valence-electron chi connectivity index (χ2n) is 4.64. The monoisotopic (exact) mass is 168 g/mol. The van der Waals surface area contributed by atoms with Crippen molar-refractivity contribution in [2.24, 2.45) is 17.1 Å². The number of hydrogen-bond acceptors (Lipinski definition) is 1. The third kappa shape index (κ3) is 1.17. The zero-order valence-electron chi connectivity index (χ0n) is 7.55. The molecule has 3 nitrogen and oxygen atoms in total. The quantitative estimate of drug-likeness (QED) is 0.580. The number of hydrogen-bond donors (Lipinski definition) is 1. The smallest absolute Gasteiger partial charge is 0.314 e. The zero-order valence-corrected chi connectivity index (χ0v) is 7.55. The zero-order chi connectivity index (χ0) is 8.77. The first-order chi connectivity index (χ1) is 5.59. The Bertz CT molecular complexity index is 217. The lowest BCUT2D eigenvalue weighted by atomic mass is 9.84. The normalized spacial score (nSPS) is 40.1. The van der Waals surface area contributed by atoms with Crippen LogP contribution in [0.2, 0.25) is 0 Å². The van der Waals surface area contributed by atoms with Crippen LogP contribution in [0, 0.1) is 11.3 Å². The number of rotatable bonds is 0. The number of piperidine rings is 1. The van der Waals surface area contributed by atoms with Gasteiger partial charge in [-0.2, -0.15) is 0 Å². The summed E-state index contributed by atoms with van der Waals surface area (Å²) >= 11 is 0. The molecule has 3 heteroatoms. The topological polar surface area (TPSA) is 46.3 Å². The first kappa shape index (κ1) is 7.90. The molecule has 0 aromatic rings. The number of nitrogens with two attached hydrogens (primary N) is 1. The van der Waals surface area contributed by atoms with Crippen molar-refractivity contribution < 1.29 is 4.79 Å². The Morgan fingerprint density at radius 2 is 2.42 bits per heavy atom. The summed E-state index contributed by atoms with van der Waals surface area (Å²) in [5.74, 6) is 0.719. The Morgan fingerprint density at radius 1 is 1.67 bits per heavy atom. The molecule has 2 fully saturated rings. The Hall–Kier alpha value is -0.730. The van der Waals surface area contributed by atoms with Crippen molar-refractivity contribution in [2.45, 2.75) is 26.2 Å². The van der Waals surface area contributed by atoms with Crippen LogP contribution in [-0.4, -0.2) is 24.0 Å². The van der Waals surface area contributed by atoms with E-state index in [9.17, 15) is 4.79 Å². The summed E-state index contributed by atoms with van der Waals surface area (Å²) < 4.78 is 0. The summed E-state index contributed by atoms with van der Waals surface area (Å²) in [5, 5.41) is 0. The Morgan fingerprint density at radius 3 is 3.00 bits per heavy atom. The molecule has 1 aliphatic carbocycles. The van der Waals surface area contributed by atoms with E-state index in [1.54, 1.807) is 4.90 Å². The summed E-state index contributed by atoms with van der Waals surface area (Å²) in [4.78, 5) is 12.8. The van der Waals surface area contributed by atoms with Gasteiger partial charge in [0.2, 0.25) is 0 Å². The van der Waals surface area contributed by atoms with Crippen LogP contribution in [0.1, 0.15) is 26.2 Å². The lowest BCUT2D eigenvalue weighted by Crippen LogP contribution is -2.47. The van der Waals surface area contributed by atoms with E-state index in [-0.39, 0.29) is 6.03 Å². The Labute approximate surface area is 72.9 Å². The van der Waals surface area contributed by atoms with E-state index in [0.717, 1.165) is 19.0 Å². The van der Waals surface area contributed by atoms with Gasteiger partial charge in [0.25, 0.3) is 0 Å². The van der Waals surface area contributed by atoms with Gasteiger partial charge in [0.15, 0.2) is 0 Å². The lowest BCUT2D eigenvalue weighted by molar-refractivity contribution is 0.129. The molecule has 0 spiro atoms. The fraction of sp³-hybridized carbons (Fsp3) is 0.889. The molecular weight excluding hydrogens is 152 g/mol. The molecule has 2 amide bonds. The molecule has 2 unspecified atom stereocenters. The van der Waals surface area contributed by atoms with E-state index in [4.69, 9.17) is 5.73 Å². The first-order valence-electron chi connectivity index (χ1n) is 4.63. The Kier molecular flexibility index (Phi) is 1.56. The van der Waals surface area contributed by atoms with Gasteiger partial charge in [0.05, 0.1) is 0 Å². The molecule has 0 radical (unpaired) electrons. The molecule has 2 bridgehead atoms. The number of fused-ring (bicyclic) bond motifs is 2. The molecule has 2 N–H and O–H groups in total. The van der Waals surface area contributed by atoms with Gasteiger partial charge in [-0.1, -0.05) is 6.92 Å². The van der Waals surface area contributed by atoms with E-state index in [2.05, 4.69) is 6.92 Å². The van der Waals surface area contributed by atoms with Crippen molar-refractivity contribution in [1.82, 2.24) is 4.90 Å². The second kappa shape index (κ2) is 2.38. The highest BCUT2D eigenvalue weighted by Gasteiger charge is 2.42. The van der Waals surface area contributed by atoms with Gasteiger partial charge in [-0.15, -0.1) is 0 Å². The first-order valence-corrected chi connectivity index (χ1v) is 4.63. The third-order valence-corrected chi connectivity index (χ3v) is 3.30. The predicted molar refractivity (Wildman–Crippen MR) is 46.6 cm³/mol. The van der Waals surface area contributed by atoms with E-state index >= 15 is 0 Å². The third-order valence-electron chi connectivity index (χ3n) is 3.30. The summed E-state index contributed by atoms with van der Waals surface area (Å²) in [5.41, 5.74) is 5.64. The minimum absolute atomic E-state index is 0.243. The molecular formula is C9H16N2O.